The Hall–Kier alpha value is -1.43. The lowest BCUT2D eigenvalue weighted by Gasteiger charge is -2.11. The molecule has 0 aliphatic heterocycles. The van der Waals surface area contributed by atoms with Crippen molar-refractivity contribution in [2.24, 2.45) is 5.92 Å². The Morgan fingerprint density at radius 3 is 2.93 bits per heavy atom. The Kier molecular flexibility index (Phi) is 4.76. The molecule has 6 nitrogen and oxygen atoms in total. The molecule has 0 radical (unpaired) electrons. The SMILES string of the molecule is CNCC(C)CNC(=O)Cn1ccnn1. The number of aromatic nitrogens is 3. The van der Waals surface area contributed by atoms with Gasteiger partial charge < -0.3 is 10.6 Å². The molecule has 1 rings (SSSR count). The molecule has 0 bridgehead atoms. The van der Waals surface area contributed by atoms with Crippen molar-refractivity contribution < 1.29 is 4.79 Å². The molecule has 0 saturated carbocycles. The highest BCUT2D eigenvalue weighted by Gasteiger charge is 2.05. The summed E-state index contributed by atoms with van der Waals surface area (Å²) in [6.07, 6.45) is 3.22. The number of carbonyl (C=O) groups is 1. The van der Waals surface area contributed by atoms with Gasteiger partial charge in [0.15, 0.2) is 0 Å². The van der Waals surface area contributed by atoms with Crippen LogP contribution in [0.1, 0.15) is 6.92 Å². The first-order valence-corrected chi connectivity index (χ1v) is 4.97. The third-order valence-corrected chi connectivity index (χ3v) is 1.98. The van der Waals surface area contributed by atoms with Crippen molar-refractivity contribution in [2.45, 2.75) is 13.5 Å². The van der Waals surface area contributed by atoms with Gasteiger partial charge in [-0.15, -0.1) is 5.10 Å². The Morgan fingerprint density at radius 1 is 1.53 bits per heavy atom. The third-order valence-electron chi connectivity index (χ3n) is 1.98. The van der Waals surface area contributed by atoms with Crippen LogP contribution >= 0.6 is 0 Å². The fourth-order valence-electron chi connectivity index (χ4n) is 1.23. The van der Waals surface area contributed by atoms with Crippen molar-refractivity contribution in [1.29, 1.82) is 0 Å². The lowest BCUT2D eigenvalue weighted by Crippen LogP contribution is -2.34. The van der Waals surface area contributed by atoms with E-state index in [9.17, 15) is 4.79 Å². The maximum absolute atomic E-state index is 11.4. The predicted molar refractivity (Wildman–Crippen MR) is 56.1 cm³/mol. The fourth-order valence-corrected chi connectivity index (χ4v) is 1.23. The first-order valence-electron chi connectivity index (χ1n) is 4.97. The number of rotatable bonds is 6. The molecule has 1 aromatic heterocycles. The minimum absolute atomic E-state index is 0.0385. The maximum atomic E-state index is 11.4. The number of hydrogen-bond donors (Lipinski definition) is 2. The van der Waals surface area contributed by atoms with Crippen LogP contribution in [0.25, 0.3) is 0 Å². The van der Waals surface area contributed by atoms with Gasteiger partial charge in [-0.25, -0.2) is 4.68 Å². The van der Waals surface area contributed by atoms with Gasteiger partial charge in [0.2, 0.25) is 5.91 Å². The molecule has 0 saturated heterocycles. The van der Waals surface area contributed by atoms with E-state index in [2.05, 4.69) is 27.9 Å². The summed E-state index contributed by atoms with van der Waals surface area (Å²) in [7, 11) is 1.90. The van der Waals surface area contributed by atoms with Gasteiger partial charge in [0.25, 0.3) is 0 Å². The molecule has 15 heavy (non-hydrogen) atoms. The summed E-state index contributed by atoms with van der Waals surface area (Å²) in [5.74, 6) is 0.387. The van der Waals surface area contributed by atoms with Crippen molar-refractivity contribution in [2.75, 3.05) is 20.1 Å². The summed E-state index contributed by atoms with van der Waals surface area (Å²) in [5.41, 5.74) is 0. The molecule has 1 atom stereocenters. The molecule has 1 amide bonds. The Morgan fingerprint density at radius 2 is 2.33 bits per heavy atom. The predicted octanol–water partition coefficient (Wildman–Crippen LogP) is -0.750. The van der Waals surface area contributed by atoms with E-state index in [1.165, 1.54) is 4.68 Å². The van der Waals surface area contributed by atoms with Crippen LogP contribution in [0.3, 0.4) is 0 Å². The quantitative estimate of drug-likeness (QED) is 0.649. The number of hydrogen-bond acceptors (Lipinski definition) is 4. The van der Waals surface area contributed by atoms with Crippen molar-refractivity contribution in [3.8, 4) is 0 Å². The van der Waals surface area contributed by atoms with Gasteiger partial charge in [-0.3, -0.25) is 4.79 Å². The monoisotopic (exact) mass is 211 g/mol. The normalized spacial score (nSPS) is 12.4. The largest absolute Gasteiger partial charge is 0.354 e. The van der Waals surface area contributed by atoms with Crippen LogP contribution in [-0.4, -0.2) is 41.0 Å². The van der Waals surface area contributed by atoms with Crippen molar-refractivity contribution in [3.63, 3.8) is 0 Å². The van der Waals surface area contributed by atoms with Crippen LogP contribution in [0.5, 0.6) is 0 Å². The maximum Gasteiger partial charge on any atom is 0.241 e. The van der Waals surface area contributed by atoms with E-state index in [0.717, 1.165) is 6.54 Å². The average Bonchev–Trinajstić information content (AvgIpc) is 2.68. The second-order valence-electron chi connectivity index (χ2n) is 3.57. The molecule has 84 valence electrons. The van der Waals surface area contributed by atoms with E-state index in [0.29, 0.717) is 12.5 Å². The summed E-state index contributed by atoms with van der Waals surface area (Å²) in [4.78, 5) is 11.4. The summed E-state index contributed by atoms with van der Waals surface area (Å²) < 4.78 is 1.50. The molecule has 0 aromatic carbocycles. The Labute approximate surface area is 89.0 Å². The first-order chi connectivity index (χ1) is 7.22. The van der Waals surface area contributed by atoms with E-state index in [-0.39, 0.29) is 12.5 Å². The van der Waals surface area contributed by atoms with Crippen molar-refractivity contribution in [3.05, 3.63) is 12.4 Å². The first kappa shape index (κ1) is 11.6. The molecular formula is C9H17N5O. The Balaban J connectivity index is 2.19. The van der Waals surface area contributed by atoms with E-state index < -0.39 is 0 Å². The van der Waals surface area contributed by atoms with Crippen LogP contribution in [0.15, 0.2) is 12.4 Å². The molecule has 1 aromatic rings. The lowest BCUT2D eigenvalue weighted by molar-refractivity contribution is -0.122. The highest BCUT2D eigenvalue weighted by atomic mass is 16.2. The summed E-state index contributed by atoms with van der Waals surface area (Å²) in [6.45, 7) is 3.87. The lowest BCUT2D eigenvalue weighted by atomic mass is 10.2. The summed E-state index contributed by atoms with van der Waals surface area (Å²) in [6, 6.07) is 0. The second-order valence-corrected chi connectivity index (χ2v) is 3.57. The number of carbonyl (C=O) groups excluding carboxylic acids is 1. The highest BCUT2D eigenvalue weighted by Crippen LogP contribution is 1.89. The molecule has 1 heterocycles. The second kappa shape index (κ2) is 6.13. The zero-order chi connectivity index (χ0) is 11.1. The highest BCUT2D eigenvalue weighted by molar-refractivity contribution is 5.75. The van der Waals surface area contributed by atoms with Gasteiger partial charge in [0, 0.05) is 12.7 Å². The molecule has 6 heteroatoms. The van der Waals surface area contributed by atoms with Gasteiger partial charge >= 0.3 is 0 Å². The topological polar surface area (TPSA) is 71.8 Å². The molecular weight excluding hydrogens is 194 g/mol. The van der Waals surface area contributed by atoms with Crippen molar-refractivity contribution in [1.82, 2.24) is 25.6 Å². The van der Waals surface area contributed by atoms with Gasteiger partial charge in [-0.05, 0) is 19.5 Å². The molecule has 0 aliphatic carbocycles. The number of amides is 1. The van der Waals surface area contributed by atoms with Crippen LogP contribution in [0, 0.1) is 5.92 Å². The van der Waals surface area contributed by atoms with Crippen LogP contribution in [0.2, 0.25) is 0 Å². The molecule has 0 fully saturated rings. The molecule has 1 unspecified atom stereocenters. The Bertz CT molecular complexity index is 285. The summed E-state index contributed by atoms with van der Waals surface area (Å²) in [5, 5.41) is 13.2. The number of nitrogens with one attached hydrogen (secondary N) is 2. The van der Waals surface area contributed by atoms with Gasteiger partial charge in [-0.2, -0.15) is 0 Å². The third kappa shape index (κ3) is 4.55. The zero-order valence-corrected chi connectivity index (χ0v) is 9.10. The van der Waals surface area contributed by atoms with E-state index in [1.807, 2.05) is 7.05 Å². The van der Waals surface area contributed by atoms with Crippen LogP contribution in [-0.2, 0) is 11.3 Å². The van der Waals surface area contributed by atoms with E-state index in [1.54, 1.807) is 12.4 Å². The zero-order valence-electron chi connectivity index (χ0n) is 9.10. The molecule has 0 spiro atoms. The van der Waals surface area contributed by atoms with Gasteiger partial charge in [0.05, 0.1) is 6.20 Å². The number of nitrogens with zero attached hydrogens (tertiary/aromatic N) is 3. The average molecular weight is 211 g/mol. The van der Waals surface area contributed by atoms with E-state index >= 15 is 0 Å². The smallest absolute Gasteiger partial charge is 0.241 e. The van der Waals surface area contributed by atoms with Crippen molar-refractivity contribution >= 4 is 5.91 Å². The molecule has 0 aliphatic rings. The fraction of sp³-hybridized carbons (Fsp3) is 0.667. The van der Waals surface area contributed by atoms with Gasteiger partial charge in [-0.1, -0.05) is 12.1 Å². The minimum atomic E-state index is -0.0385. The van der Waals surface area contributed by atoms with Gasteiger partial charge in [0.1, 0.15) is 6.54 Å². The minimum Gasteiger partial charge on any atom is -0.354 e. The summed E-state index contributed by atoms with van der Waals surface area (Å²) >= 11 is 0. The van der Waals surface area contributed by atoms with E-state index in [4.69, 9.17) is 0 Å². The molecule has 2 N–H and O–H groups in total. The van der Waals surface area contributed by atoms with Crippen LogP contribution < -0.4 is 10.6 Å². The van der Waals surface area contributed by atoms with Crippen LogP contribution in [0.4, 0.5) is 0 Å². The standard InChI is InChI=1S/C9H17N5O/c1-8(5-10-2)6-11-9(15)7-14-4-3-12-13-14/h3-4,8,10H,5-7H2,1-2H3,(H,11,15).